The Kier molecular flexibility index (Phi) is 5.35. The van der Waals surface area contributed by atoms with Crippen molar-refractivity contribution in [1.29, 1.82) is 0 Å². The maximum Gasteiger partial charge on any atom is 0.257 e. The summed E-state index contributed by atoms with van der Waals surface area (Å²) >= 11 is 0. The number of carbonyl (C=O) groups excluding carboxylic acids is 1. The van der Waals surface area contributed by atoms with Gasteiger partial charge < -0.3 is 18.8 Å². The molecule has 1 amide bonds. The number of furan rings is 1. The molecule has 1 saturated heterocycles. The lowest BCUT2D eigenvalue weighted by atomic mass is 10.1. The monoisotopic (exact) mass is 379 g/mol. The SMILES string of the molecule is Cc1oc2ccc(OCc3ccccc3)cc2c1C(=O)N(C)CC1CCCO1. The molecule has 2 aromatic carbocycles. The summed E-state index contributed by atoms with van der Waals surface area (Å²) < 4.78 is 17.4. The van der Waals surface area contributed by atoms with Gasteiger partial charge in [-0.3, -0.25) is 4.79 Å². The minimum Gasteiger partial charge on any atom is -0.489 e. The summed E-state index contributed by atoms with van der Waals surface area (Å²) in [4.78, 5) is 14.8. The van der Waals surface area contributed by atoms with E-state index in [1.165, 1.54) is 0 Å². The van der Waals surface area contributed by atoms with Crippen LogP contribution in [0.2, 0.25) is 0 Å². The topological polar surface area (TPSA) is 51.9 Å². The number of aryl methyl sites for hydroxylation is 1. The molecular formula is C23H25NO4. The van der Waals surface area contributed by atoms with Crippen LogP contribution in [0.4, 0.5) is 0 Å². The van der Waals surface area contributed by atoms with E-state index in [-0.39, 0.29) is 12.0 Å². The molecule has 0 bridgehead atoms. The molecule has 1 aromatic heterocycles. The smallest absolute Gasteiger partial charge is 0.257 e. The molecule has 1 unspecified atom stereocenters. The summed E-state index contributed by atoms with van der Waals surface area (Å²) in [6.45, 7) is 3.68. The maximum atomic E-state index is 13.1. The van der Waals surface area contributed by atoms with Crippen LogP contribution in [0.15, 0.2) is 52.9 Å². The molecule has 1 aliphatic heterocycles. The number of benzene rings is 2. The van der Waals surface area contributed by atoms with Crippen LogP contribution >= 0.6 is 0 Å². The van der Waals surface area contributed by atoms with E-state index in [9.17, 15) is 4.79 Å². The van der Waals surface area contributed by atoms with Crippen LogP contribution in [0.25, 0.3) is 11.0 Å². The first-order chi connectivity index (χ1) is 13.6. The Balaban J connectivity index is 1.55. The highest BCUT2D eigenvalue weighted by Gasteiger charge is 2.25. The highest BCUT2D eigenvalue weighted by molar-refractivity contribution is 6.07. The molecule has 4 rings (SSSR count). The lowest BCUT2D eigenvalue weighted by Crippen LogP contribution is -2.34. The van der Waals surface area contributed by atoms with E-state index in [1.54, 1.807) is 4.90 Å². The molecule has 1 atom stereocenters. The second kappa shape index (κ2) is 8.07. The molecule has 0 saturated carbocycles. The molecule has 0 N–H and O–H groups in total. The maximum absolute atomic E-state index is 13.1. The van der Waals surface area contributed by atoms with Crippen LogP contribution in [-0.4, -0.2) is 37.1 Å². The minimum atomic E-state index is -0.0491. The average molecular weight is 379 g/mol. The molecule has 0 aliphatic carbocycles. The van der Waals surface area contributed by atoms with Gasteiger partial charge in [0.15, 0.2) is 0 Å². The molecule has 2 heterocycles. The third-order valence-corrected chi connectivity index (χ3v) is 5.15. The number of fused-ring (bicyclic) bond motifs is 1. The van der Waals surface area contributed by atoms with Crippen molar-refractivity contribution in [2.24, 2.45) is 0 Å². The Bertz CT molecular complexity index is 957. The molecular weight excluding hydrogens is 354 g/mol. The molecule has 0 radical (unpaired) electrons. The van der Waals surface area contributed by atoms with Crippen molar-refractivity contribution in [2.75, 3.05) is 20.2 Å². The number of amides is 1. The van der Waals surface area contributed by atoms with Crippen molar-refractivity contribution in [3.63, 3.8) is 0 Å². The van der Waals surface area contributed by atoms with E-state index in [0.29, 0.717) is 35.8 Å². The lowest BCUT2D eigenvalue weighted by molar-refractivity contribution is 0.0587. The number of carbonyl (C=O) groups is 1. The number of hydrogen-bond donors (Lipinski definition) is 0. The van der Waals surface area contributed by atoms with Crippen LogP contribution in [0.5, 0.6) is 5.75 Å². The first kappa shape index (κ1) is 18.6. The van der Waals surface area contributed by atoms with E-state index < -0.39 is 0 Å². The molecule has 5 heteroatoms. The summed E-state index contributed by atoms with van der Waals surface area (Å²) in [5, 5.41) is 0.784. The Hall–Kier alpha value is -2.79. The largest absolute Gasteiger partial charge is 0.489 e. The van der Waals surface area contributed by atoms with Gasteiger partial charge in [-0.1, -0.05) is 30.3 Å². The lowest BCUT2D eigenvalue weighted by Gasteiger charge is -2.20. The molecule has 146 valence electrons. The standard InChI is InChI=1S/C23H25NO4/c1-16-22(23(25)24(2)14-19-9-6-12-26-19)20-13-18(10-11-21(20)28-16)27-15-17-7-4-3-5-8-17/h3-5,7-8,10-11,13,19H,6,9,12,14-15H2,1-2H3. The van der Waals surface area contributed by atoms with Gasteiger partial charge in [0.1, 0.15) is 23.7 Å². The van der Waals surface area contributed by atoms with E-state index in [1.807, 2.05) is 62.5 Å². The summed E-state index contributed by atoms with van der Waals surface area (Å²) in [6, 6.07) is 15.6. The minimum absolute atomic E-state index is 0.0491. The fourth-order valence-corrected chi connectivity index (χ4v) is 3.66. The van der Waals surface area contributed by atoms with Crippen molar-refractivity contribution in [2.45, 2.75) is 32.5 Å². The Morgan fingerprint density at radius 3 is 2.79 bits per heavy atom. The Morgan fingerprint density at radius 2 is 2.04 bits per heavy atom. The summed E-state index contributed by atoms with van der Waals surface area (Å²) in [5.41, 5.74) is 2.39. The normalized spacial score (nSPS) is 16.4. The second-order valence-corrected chi connectivity index (χ2v) is 7.29. The first-order valence-electron chi connectivity index (χ1n) is 9.69. The molecule has 3 aromatic rings. The number of rotatable bonds is 6. The fourth-order valence-electron chi connectivity index (χ4n) is 3.66. The number of likely N-dealkylation sites (N-methyl/N-ethyl adjacent to an activating group) is 1. The van der Waals surface area contributed by atoms with E-state index in [0.717, 1.165) is 30.4 Å². The second-order valence-electron chi connectivity index (χ2n) is 7.29. The zero-order valence-corrected chi connectivity index (χ0v) is 16.3. The van der Waals surface area contributed by atoms with Gasteiger partial charge in [0, 0.05) is 25.6 Å². The number of ether oxygens (including phenoxy) is 2. The van der Waals surface area contributed by atoms with Gasteiger partial charge in [0.25, 0.3) is 5.91 Å². The summed E-state index contributed by atoms with van der Waals surface area (Å²) in [6.07, 6.45) is 2.18. The fraction of sp³-hybridized carbons (Fsp3) is 0.348. The van der Waals surface area contributed by atoms with E-state index >= 15 is 0 Å². The molecule has 1 fully saturated rings. The van der Waals surface area contributed by atoms with Gasteiger partial charge in [-0.25, -0.2) is 0 Å². The van der Waals surface area contributed by atoms with Crippen molar-refractivity contribution in [3.05, 3.63) is 65.4 Å². The quantitative estimate of drug-likeness (QED) is 0.629. The van der Waals surface area contributed by atoms with E-state index in [4.69, 9.17) is 13.9 Å². The van der Waals surface area contributed by atoms with Crippen molar-refractivity contribution in [1.82, 2.24) is 4.90 Å². The summed E-state index contributed by atoms with van der Waals surface area (Å²) in [7, 11) is 1.82. The molecule has 28 heavy (non-hydrogen) atoms. The highest BCUT2D eigenvalue weighted by Crippen LogP contribution is 2.30. The highest BCUT2D eigenvalue weighted by atomic mass is 16.5. The molecule has 1 aliphatic rings. The predicted molar refractivity (Wildman–Crippen MR) is 108 cm³/mol. The average Bonchev–Trinajstić information content (AvgIpc) is 3.33. The van der Waals surface area contributed by atoms with Gasteiger partial charge in [-0.2, -0.15) is 0 Å². The Labute approximate surface area is 164 Å². The van der Waals surface area contributed by atoms with Crippen LogP contribution in [-0.2, 0) is 11.3 Å². The zero-order valence-electron chi connectivity index (χ0n) is 16.3. The van der Waals surface area contributed by atoms with Gasteiger partial charge >= 0.3 is 0 Å². The first-order valence-corrected chi connectivity index (χ1v) is 9.69. The van der Waals surface area contributed by atoms with Gasteiger partial charge in [-0.15, -0.1) is 0 Å². The van der Waals surface area contributed by atoms with Crippen LogP contribution in [0.1, 0.15) is 34.5 Å². The van der Waals surface area contributed by atoms with Gasteiger partial charge in [0.05, 0.1) is 11.7 Å². The Morgan fingerprint density at radius 1 is 1.21 bits per heavy atom. The van der Waals surface area contributed by atoms with Crippen LogP contribution in [0, 0.1) is 6.92 Å². The molecule has 0 spiro atoms. The summed E-state index contributed by atoms with van der Waals surface area (Å²) in [5.74, 6) is 1.29. The van der Waals surface area contributed by atoms with E-state index in [2.05, 4.69) is 0 Å². The van der Waals surface area contributed by atoms with Crippen molar-refractivity contribution in [3.8, 4) is 5.75 Å². The van der Waals surface area contributed by atoms with Gasteiger partial charge in [-0.05, 0) is 43.5 Å². The van der Waals surface area contributed by atoms with Crippen LogP contribution in [0.3, 0.4) is 0 Å². The third kappa shape index (κ3) is 3.90. The molecule has 5 nitrogen and oxygen atoms in total. The van der Waals surface area contributed by atoms with Crippen molar-refractivity contribution < 1.29 is 18.7 Å². The number of hydrogen-bond acceptors (Lipinski definition) is 4. The number of nitrogens with zero attached hydrogens (tertiary/aromatic N) is 1. The zero-order chi connectivity index (χ0) is 19.5. The third-order valence-electron chi connectivity index (χ3n) is 5.15. The predicted octanol–water partition coefficient (Wildman–Crippen LogP) is 4.57. The van der Waals surface area contributed by atoms with Gasteiger partial charge in [0.2, 0.25) is 0 Å². The van der Waals surface area contributed by atoms with Crippen molar-refractivity contribution >= 4 is 16.9 Å². The van der Waals surface area contributed by atoms with Crippen LogP contribution < -0.4 is 4.74 Å².